The van der Waals surface area contributed by atoms with Gasteiger partial charge in [0.25, 0.3) is 0 Å². The van der Waals surface area contributed by atoms with Gasteiger partial charge in [-0.05, 0) is 45.6 Å². The van der Waals surface area contributed by atoms with Crippen molar-refractivity contribution in [3.63, 3.8) is 0 Å². The summed E-state index contributed by atoms with van der Waals surface area (Å²) in [4.78, 5) is 19.7. The van der Waals surface area contributed by atoms with Crippen LogP contribution < -0.4 is 0 Å². The normalized spacial score (nSPS) is 11.2. The molecule has 0 radical (unpaired) electrons. The van der Waals surface area contributed by atoms with E-state index in [0.717, 1.165) is 47.2 Å². The molecule has 0 unspecified atom stereocenters. The van der Waals surface area contributed by atoms with Crippen LogP contribution in [-0.2, 0) is 0 Å². The minimum Gasteiger partial charge on any atom is -0.309 e. The van der Waals surface area contributed by atoms with Crippen LogP contribution in [0.1, 0.15) is 36.0 Å². The molecule has 3 nitrogen and oxygen atoms in total. The summed E-state index contributed by atoms with van der Waals surface area (Å²) in [6.45, 7) is 1.08. The molecule has 0 spiro atoms. The molecule has 0 fully saturated rings. The van der Waals surface area contributed by atoms with Gasteiger partial charge >= 0.3 is 0 Å². The van der Waals surface area contributed by atoms with E-state index in [1.54, 1.807) is 6.20 Å². The van der Waals surface area contributed by atoms with Gasteiger partial charge in [-0.15, -0.1) is 12.6 Å². The van der Waals surface area contributed by atoms with Gasteiger partial charge in [-0.25, -0.2) is 0 Å². The molecular weight excluding hydrogens is 280 g/mol. The average Bonchev–Trinajstić information content (AvgIpc) is 2.46. The summed E-state index contributed by atoms with van der Waals surface area (Å²) >= 11 is 4.41. The summed E-state index contributed by atoms with van der Waals surface area (Å²) in [6.07, 6.45) is 5.46. The van der Waals surface area contributed by atoms with Crippen molar-refractivity contribution in [1.82, 2.24) is 9.88 Å². The predicted molar refractivity (Wildman–Crippen MR) is 90.3 cm³/mol. The van der Waals surface area contributed by atoms with Crippen molar-refractivity contribution in [2.75, 3.05) is 20.6 Å². The molecule has 0 saturated carbocycles. The van der Waals surface area contributed by atoms with Crippen LogP contribution in [0.25, 0.3) is 10.9 Å². The van der Waals surface area contributed by atoms with Crippen LogP contribution in [0, 0.1) is 0 Å². The third kappa shape index (κ3) is 4.29. The number of hydrogen-bond acceptors (Lipinski definition) is 4. The number of unbranched alkanes of at least 4 members (excludes halogenated alkanes) is 2. The quantitative estimate of drug-likeness (QED) is 0.479. The first-order valence-electron chi connectivity index (χ1n) is 7.34. The molecular formula is C17H22N2OS. The Kier molecular flexibility index (Phi) is 5.76. The van der Waals surface area contributed by atoms with E-state index in [1.165, 1.54) is 0 Å². The standard InChI is InChI=1S/C17H22N2OS/c1-19(2)12-5-3-4-8-15(20)13-10-11-18-17-14(13)7-6-9-16(17)21/h6-7,9-11,21H,3-5,8,12H2,1-2H3. The number of fused-ring (bicyclic) bond motifs is 1. The Balaban J connectivity index is 2.01. The fraction of sp³-hybridized carbons (Fsp3) is 0.412. The molecule has 1 aromatic heterocycles. The molecule has 0 aliphatic rings. The molecule has 0 amide bonds. The highest BCUT2D eigenvalue weighted by Crippen LogP contribution is 2.24. The number of aromatic nitrogens is 1. The van der Waals surface area contributed by atoms with Gasteiger partial charge in [0.05, 0.1) is 5.52 Å². The molecule has 21 heavy (non-hydrogen) atoms. The van der Waals surface area contributed by atoms with E-state index in [4.69, 9.17) is 0 Å². The summed E-state index contributed by atoms with van der Waals surface area (Å²) in [5, 5.41) is 0.906. The van der Waals surface area contributed by atoms with E-state index < -0.39 is 0 Å². The Hall–Kier alpha value is -1.39. The minimum atomic E-state index is 0.200. The van der Waals surface area contributed by atoms with Crippen molar-refractivity contribution in [1.29, 1.82) is 0 Å². The Bertz CT molecular complexity index is 625. The van der Waals surface area contributed by atoms with Crippen LogP contribution in [0.3, 0.4) is 0 Å². The lowest BCUT2D eigenvalue weighted by Crippen LogP contribution is -2.12. The predicted octanol–water partition coefficient (Wildman–Crippen LogP) is 3.83. The first-order valence-corrected chi connectivity index (χ1v) is 7.79. The maximum atomic E-state index is 12.4. The van der Waals surface area contributed by atoms with Crippen molar-refractivity contribution in [3.8, 4) is 0 Å². The maximum absolute atomic E-state index is 12.4. The van der Waals surface area contributed by atoms with Gasteiger partial charge in [-0.2, -0.15) is 0 Å². The van der Waals surface area contributed by atoms with Crippen molar-refractivity contribution in [3.05, 3.63) is 36.0 Å². The highest BCUT2D eigenvalue weighted by molar-refractivity contribution is 7.80. The topological polar surface area (TPSA) is 33.2 Å². The van der Waals surface area contributed by atoms with Gasteiger partial charge in [0.15, 0.2) is 5.78 Å². The highest BCUT2D eigenvalue weighted by Gasteiger charge is 2.11. The van der Waals surface area contributed by atoms with Crippen LogP contribution in [0.5, 0.6) is 0 Å². The second-order valence-electron chi connectivity index (χ2n) is 5.57. The molecule has 1 heterocycles. The summed E-state index contributed by atoms with van der Waals surface area (Å²) in [5.41, 5.74) is 1.57. The third-order valence-corrected chi connectivity index (χ3v) is 3.92. The van der Waals surface area contributed by atoms with Crippen molar-refractivity contribution in [2.24, 2.45) is 0 Å². The van der Waals surface area contributed by atoms with E-state index in [0.29, 0.717) is 6.42 Å². The fourth-order valence-electron chi connectivity index (χ4n) is 2.43. The van der Waals surface area contributed by atoms with Crippen molar-refractivity contribution in [2.45, 2.75) is 30.6 Å². The van der Waals surface area contributed by atoms with Gasteiger partial charge in [0.1, 0.15) is 0 Å². The Morgan fingerprint density at radius 2 is 2.00 bits per heavy atom. The molecule has 112 valence electrons. The maximum Gasteiger partial charge on any atom is 0.163 e. The number of carbonyl (C=O) groups excluding carboxylic acids is 1. The number of pyridine rings is 1. The zero-order valence-electron chi connectivity index (χ0n) is 12.7. The molecule has 2 aromatic rings. The summed E-state index contributed by atoms with van der Waals surface area (Å²) in [5.74, 6) is 0.200. The van der Waals surface area contributed by atoms with Gasteiger partial charge in [-0.1, -0.05) is 18.6 Å². The van der Waals surface area contributed by atoms with E-state index in [2.05, 4.69) is 36.6 Å². The molecule has 0 atom stereocenters. The number of thiol groups is 1. The van der Waals surface area contributed by atoms with Crippen molar-refractivity contribution >= 4 is 29.3 Å². The summed E-state index contributed by atoms with van der Waals surface area (Å²) in [7, 11) is 4.15. The molecule has 0 saturated heterocycles. The SMILES string of the molecule is CN(C)CCCCCC(=O)c1ccnc2c(S)cccc12. The monoisotopic (exact) mass is 302 g/mol. The molecule has 1 aromatic carbocycles. The lowest BCUT2D eigenvalue weighted by atomic mass is 10.0. The van der Waals surface area contributed by atoms with E-state index in [9.17, 15) is 4.79 Å². The lowest BCUT2D eigenvalue weighted by molar-refractivity contribution is 0.0980. The number of carbonyl (C=O) groups is 1. The number of benzene rings is 1. The first-order chi connectivity index (χ1) is 10.1. The summed E-state index contributed by atoms with van der Waals surface area (Å²) in [6, 6.07) is 7.58. The molecule has 0 aliphatic carbocycles. The van der Waals surface area contributed by atoms with E-state index >= 15 is 0 Å². The smallest absolute Gasteiger partial charge is 0.163 e. The fourth-order valence-corrected chi connectivity index (χ4v) is 2.69. The number of rotatable bonds is 7. The minimum absolute atomic E-state index is 0.200. The largest absolute Gasteiger partial charge is 0.309 e. The molecule has 0 N–H and O–H groups in total. The summed E-state index contributed by atoms with van der Waals surface area (Å²) < 4.78 is 0. The zero-order chi connectivity index (χ0) is 15.2. The van der Waals surface area contributed by atoms with Gasteiger partial charge in [-0.3, -0.25) is 9.78 Å². The number of ketones is 1. The van der Waals surface area contributed by atoms with E-state index in [-0.39, 0.29) is 5.78 Å². The Morgan fingerprint density at radius 1 is 1.19 bits per heavy atom. The van der Waals surface area contributed by atoms with Crippen LogP contribution in [-0.4, -0.2) is 36.3 Å². The second kappa shape index (κ2) is 7.57. The average molecular weight is 302 g/mol. The third-order valence-electron chi connectivity index (χ3n) is 3.56. The van der Waals surface area contributed by atoms with E-state index in [1.807, 2.05) is 24.3 Å². The lowest BCUT2D eigenvalue weighted by Gasteiger charge is -2.09. The van der Waals surface area contributed by atoms with Crippen LogP contribution in [0.15, 0.2) is 35.4 Å². The molecule has 0 aliphatic heterocycles. The Labute approximate surface area is 131 Å². The first kappa shape index (κ1) is 16.0. The van der Waals surface area contributed by atoms with Gasteiger partial charge < -0.3 is 4.90 Å². The number of Topliss-reactive ketones (excluding diaryl/α,β-unsaturated/α-hetero) is 1. The molecule has 2 rings (SSSR count). The molecule has 0 bridgehead atoms. The second-order valence-corrected chi connectivity index (χ2v) is 6.05. The highest BCUT2D eigenvalue weighted by atomic mass is 32.1. The van der Waals surface area contributed by atoms with Crippen LogP contribution in [0.2, 0.25) is 0 Å². The molecule has 4 heteroatoms. The Morgan fingerprint density at radius 3 is 2.76 bits per heavy atom. The number of para-hydroxylation sites is 1. The number of nitrogens with zero attached hydrogens (tertiary/aromatic N) is 2. The zero-order valence-corrected chi connectivity index (χ0v) is 13.6. The van der Waals surface area contributed by atoms with Crippen molar-refractivity contribution < 1.29 is 4.79 Å². The van der Waals surface area contributed by atoms with Crippen LogP contribution in [0.4, 0.5) is 0 Å². The number of hydrogen-bond donors (Lipinski definition) is 1. The van der Waals surface area contributed by atoms with Gasteiger partial charge in [0.2, 0.25) is 0 Å². The van der Waals surface area contributed by atoms with Crippen LogP contribution >= 0.6 is 12.6 Å². The van der Waals surface area contributed by atoms with Gasteiger partial charge in [0, 0.05) is 28.5 Å².